The molecule has 1 saturated carbocycles. The zero-order valence-corrected chi connectivity index (χ0v) is 16.1. The second-order valence-electron chi connectivity index (χ2n) is 8.06. The lowest BCUT2D eigenvalue weighted by molar-refractivity contribution is -0.156. The third-order valence-corrected chi connectivity index (χ3v) is 5.73. The molecule has 0 aromatic heterocycles. The van der Waals surface area contributed by atoms with Crippen molar-refractivity contribution in [3.05, 3.63) is 71.8 Å². The maximum absolute atomic E-state index is 13.3. The fraction of sp³-hybridized carbons (Fsp3) is 0.458. The Balaban J connectivity index is 1.86. The standard InChI is InChI=1S/C24H30O2/c1-17(2)21-15-14-18(3)16-22(21)26-24(25)23(19-10-6-4-7-11-19)20-12-8-5-9-13-20/h4-13,17-18,21-23H,14-16H2,1-3H3/t18-,21+,22+/m0/s1. The van der Waals surface area contributed by atoms with Crippen LogP contribution >= 0.6 is 0 Å². The van der Waals surface area contributed by atoms with Gasteiger partial charge < -0.3 is 4.74 Å². The topological polar surface area (TPSA) is 26.3 Å². The van der Waals surface area contributed by atoms with Gasteiger partial charge in [-0.2, -0.15) is 0 Å². The Morgan fingerprint density at radius 3 is 1.96 bits per heavy atom. The molecule has 26 heavy (non-hydrogen) atoms. The van der Waals surface area contributed by atoms with Crippen molar-refractivity contribution in [2.45, 2.75) is 52.1 Å². The van der Waals surface area contributed by atoms with E-state index in [2.05, 4.69) is 20.8 Å². The lowest BCUT2D eigenvalue weighted by Gasteiger charge is -2.37. The lowest BCUT2D eigenvalue weighted by Crippen LogP contribution is -2.37. The second-order valence-corrected chi connectivity index (χ2v) is 8.06. The number of hydrogen-bond acceptors (Lipinski definition) is 2. The van der Waals surface area contributed by atoms with E-state index in [0.29, 0.717) is 17.8 Å². The molecule has 2 heteroatoms. The fourth-order valence-electron chi connectivity index (χ4n) is 4.22. The highest BCUT2D eigenvalue weighted by Gasteiger charge is 2.35. The molecule has 0 amide bonds. The minimum Gasteiger partial charge on any atom is -0.461 e. The van der Waals surface area contributed by atoms with Crippen molar-refractivity contribution in [3.8, 4) is 0 Å². The van der Waals surface area contributed by atoms with Gasteiger partial charge in [0.05, 0.1) is 0 Å². The van der Waals surface area contributed by atoms with E-state index in [1.54, 1.807) is 0 Å². The average molecular weight is 351 g/mol. The van der Waals surface area contributed by atoms with E-state index in [-0.39, 0.29) is 18.0 Å². The van der Waals surface area contributed by atoms with Gasteiger partial charge in [-0.3, -0.25) is 4.79 Å². The molecule has 0 bridgehead atoms. The van der Waals surface area contributed by atoms with E-state index >= 15 is 0 Å². The highest BCUT2D eigenvalue weighted by atomic mass is 16.5. The van der Waals surface area contributed by atoms with Gasteiger partial charge in [0.1, 0.15) is 12.0 Å². The summed E-state index contributed by atoms with van der Waals surface area (Å²) in [6.07, 6.45) is 3.39. The maximum atomic E-state index is 13.3. The predicted octanol–water partition coefficient (Wildman–Crippen LogP) is 5.82. The molecule has 0 unspecified atom stereocenters. The fourth-order valence-corrected chi connectivity index (χ4v) is 4.22. The summed E-state index contributed by atoms with van der Waals surface area (Å²) in [6, 6.07) is 20.0. The van der Waals surface area contributed by atoms with Crippen molar-refractivity contribution in [2.75, 3.05) is 0 Å². The molecule has 2 aromatic carbocycles. The number of carbonyl (C=O) groups excluding carboxylic acids is 1. The van der Waals surface area contributed by atoms with Crippen LogP contribution in [-0.4, -0.2) is 12.1 Å². The summed E-state index contributed by atoms with van der Waals surface area (Å²) in [7, 11) is 0. The van der Waals surface area contributed by atoms with Crippen LogP contribution in [0.1, 0.15) is 57.1 Å². The molecule has 0 spiro atoms. The molecular formula is C24H30O2. The molecule has 0 radical (unpaired) electrons. The molecule has 1 fully saturated rings. The molecular weight excluding hydrogens is 320 g/mol. The number of ether oxygens (including phenoxy) is 1. The van der Waals surface area contributed by atoms with E-state index in [0.717, 1.165) is 24.0 Å². The van der Waals surface area contributed by atoms with E-state index in [4.69, 9.17) is 4.74 Å². The van der Waals surface area contributed by atoms with Gasteiger partial charge in [0.2, 0.25) is 0 Å². The molecule has 1 aliphatic carbocycles. The molecule has 0 saturated heterocycles. The Hall–Kier alpha value is -2.09. The first-order valence-electron chi connectivity index (χ1n) is 9.86. The van der Waals surface area contributed by atoms with Crippen molar-refractivity contribution in [3.63, 3.8) is 0 Å². The molecule has 138 valence electrons. The van der Waals surface area contributed by atoms with Crippen molar-refractivity contribution in [2.24, 2.45) is 17.8 Å². The van der Waals surface area contributed by atoms with E-state index in [1.165, 1.54) is 6.42 Å². The molecule has 3 atom stereocenters. The highest BCUT2D eigenvalue weighted by Crippen LogP contribution is 2.37. The first-order valence-corrected chi connectivity index (χ1v) is 9.86. The minimum atomic E-state index is -0.359. The monoisotopic (exact) mass is 350 g/mol. The summed E-state index contributed by atoms with van der Waals surface area (Å²) in [5, 5.41) is 0. The molecule has 0 aliphatic heterocycles. The SMILES string of the molecule is CC(C)[C@H]1CC[C@H](C)C[C@H]1OC(=O)C(c1ccccc1)c1ccccc1. The Morgan fingerprint density at radius 2 is 1.46 bits per heavy atom. The van der Waals surface area contributed by atoms with Gasteiger partial charge in [-0.05, 0) is 41.7 Å². The first-order chi connectivity index (χ1) is 12.6. The Labute approximate surface area is 157 Å². The number of hydrogen-bond donors (Lipinski definition) is 0. The summed E-state index contributed by atoms with van der Waals surface area (Å²) in [5.74, 6) is 1.14. The summed E-state index contributed by atoms with van der Waals surface area (Å²) in [6.45, 7) is 6.75. The molecule has 0 heterocycles. The normalized spacial score (nSPS) is 23.2. The number of esters is 1. The summed E-state index contributed by atoms with van der Waals surface area (Å²) in [4.78, 5) is 13.3. The van der Waals surface area contributed by atoms with Crippen LogP contribution < -0.4 is 0 Å². The lowest BCUT2D eigenvalue weighted by atomic mass is 9.75. The van der Waals surface area contributed by atoms with Gasteiger partial charge in [-0.15, -0.1) is 0 Å². The zero-order chi connectivity index (χ0) is 18.5. The van der Waals surface area contributed by atoms with E-state index in [9.17, 15) is 4.79 Å². The summed E-state index contributed by atoms with van der Waals surface area (Å²) in [5.41, 5.74) is 1.99. The van der Waals surface area contributed by atoms with Crippen molar-refractivity contribution < 1.29 is 9.53 Å². The van der Waals surface area contributed by atoms with Crippen molar-refractivity contribution >= 4 is 5.97 Å². The summed E-state index contributed by atoms with van der Waals surface area (Å²) < 4.78 is 6.17. The van der Waals surface area contributed by atoms with Crippen LogP contribution in [0.4, 0.5) is 0 Å². The van der Waals surface area contributed by atoms with Crippen LogP contribution in [0.3, 0.4) is 0 Å². The molecule has 2 aromatic rings. The zero-order valence-electron chi connectivity index (χ0n) is 16.1. The summed E-state index contributed by atoms with van der Waals surface area (Å²) >= 11 is 0. The Bertz CT molecular complexity index is 653. The second kappa shape index (κ2) is 8.53. The van der Waals surface area contributed by atoms with Gasteiger partial charge in [0.15, 0.2) is 0 Å². The van der Waals surface area contributed by atoms with Crippen LogP contribution in [-0.2, 0) is 9.53 Å². The molecule has 0 N–H and O–H groups in total. The van der Waals surface area contributed by atoms with Gasteiger partial charge in [-0.1, -0.05) is 87.9 Å². The van der Waals surface area contributed by atoms with Gasteiger partial charge in [0.25, 0.3) is 0 Å². The van der Waals surface area contributed by atoms with Gasteiger partial charge in [-0.25, -0.2) is 0 Å². The Morgan fingerprint density at radius 1 is 0.923 bits per heavy atom. The van der Waals surface area contributed by atoms with Crippen molar-refractivity contribution in [1.29, 1.82) is 0 Å². The third kappa shape index (κ3) is 4.35. The van der Waals surface area contributed by atoms with E-state index < -0.39 is 0 Å². The Kier molecular flexibility index (Phi) is 6.13. The largest absolute Gasteiger partial charge is 0.461 e. The predicted molar refractivity (Wildman–Crippen MR) is 106 cm³/mol. The molecule has 2 nitrogen and oxygen atoms in total. The number of carbonyl (C=O) groups is 1. The van der Waals surface area contributed by atoms with Gasteiger partial charge >= 0.3 is 5.97 Å². The minimum absolute atomic E-state index is 0.0289. The van der Waals surface area contributed by atoms with Gasteiger partial charge in [0, 0.05) is 0 Å². The van der Waals surface area contributed by atoms with Crippen LogP contribution in [0.2, 0.25) is 0 Å². The van der Waals surface area contributed by atoms with Crippen LogP contribution in [0, 0.1) is 17.8 Å². The molecule has 3 rings (SSSR count). The van der Waals surface area contributed by atoms with E-state index in [1.807, 2.05) is 60.7 Å². The third-order valence-electron chi connectivity index (χ3n) is 5.73. The smallest absolute Gasteiger partial charge is 0.318 e. The first kappa shape index (κ1) is 18.7. The van der Waals surface area contributed by atoms with Crippen LogP contribution in [0.25, 0.3) is 0 Å². The molecule has 1 aliphatic rings. The maximum Gasteiger partial charge on any atom is 0.318 e. The number of benzene rings is 2. The average Bonchev–Trinajstić information content (AvgIpc) is 2.63. The van der Waals surface area contributed by atoms with Crippen molar-refractivity contribution in [1.82, 2.24) is 0 Å². The quantitative estimate of drug-likeness (QED) is 0.635. The highest BCUT2D eigenvalue weighted by molar-refractivity contribution is 5.82. The number of rotatable bonds is 5. The van der Waals surface area contributed by atoms with Crippen LogP contribution in [0.15, 0.2) is 60.7 Å². The van der Waals surface area contributed by atoms with Crippen LogP contribution in [0.5, 0.6) is 0 Å².